The molecule has 3 rings (SSSR count). The van der Waals surface area contributed by atoms with Crippen LogP contribution in [0.1, 0.15) is 74.7 Å². The van der Waals surface area contributed by atoms with Crippen molar-refractivity contribution in [1.29, 1.82) is 0 Å². The van der Waals surface area contributed by atoms with E-state index in [1.165, 1.54) is 12.1 Å². The number of nitrogens with zero attached hydrogens (tertiary/aromatic N) is 3. The molecule has 1 heterocycles. The Morgan fingerprint density at radius 1 is 1.05 bits per heavy atom. The van der Waals surface area contributed by atoms with Crippen LogP contribution in [0.2, 0.25) is 0 Å². The van der Waals surface area contributed by atoms with Gasteiger partial charge in [-0.1, -0.05) is 31.5 Å². The number of carboxylic acids is 1. The molecule has 0 saturated carbocycles. The molecule has 3 N–H and O–H groups in total. The van der Waals surface area contributed by atoms with Crippen LogP contribution in [-0.4, -0.2) is 55.7 Å². The minimum Gasteiger partial charge on any atom is -1.00 e. The summed E-state index contributed by atoms with van der Waals surface area (Å²) in [4.78, 5) is 26.4. The molecule has 0 unspecified atom stereocenters. The molecule has 2 atom stereocenters. The van der Waals surface area contributed by atoms with Gasteiger partial charge in [0.25, 0.3) is 5.91 Å². The van der Waals surface area contributed by atoms with E-state index >= 15 is 0 Å². The Kier molecular flexibility index (Phi) is 12.3. The number of rotatable bonds is 12. The molecule has 0 saturated heterocycles. The van der Waals surface area contributed by atoms with Gasteiger partial charge in [0.05, 0.1) is 24.3 Å². The molecule has 0 aliphatic carbocycles. The summed E-state index contributed by atoms with van der Waals surface area (Å²) in [7, 11) is 0. The van der Waals surface area contributed by atoms with Crippen molar-refractivity contribution in [1.82, 2.24) is 9.78 Å². The summed E-state index contributed by atoms with van der Waals surface area (Å²) in [5.41, 5.74) is 4.10. The van der Waals surface area contributed by atoms with Gasteiger partial charge < -0.3 is 21.6 Å². The average Bonchev–Trinajstić information content (AvgIpc) is 3.24. The maximum Gasteiger partial charge on any atom is 1.00 e. The third kappa shape index (κ3) is 8.46. The number of halogens is 1. The third-order valence-electron chi connectivity index (χ3n) is 6.45. The number of carbonyl (C=O) groups excluding carboxylic acids is 1. The normalized spacial score (nSPS) is 12.6. The first-order valence-electron chi connectivity index (χ1n) is 12.9. The topological polar surface area (TPSA) is 116 Å². The number of carbonyl (C=O) groups is 2. The second-order valence-electron chi connectivity index (χ2n) is 9.82. The maximum atomic E-state index is 13.9. The van der Waals surface area contributed by atoms with Gasteiger partial charge in [-0.25, -0.2) is 9.07 Å². The van der Waals surface area contributed by atoms with E-state index in [-0.39, 0.29) is 61.3 Å². The van der Waals surface area contributed by atoms with Crippen molar-refractivity contribution in [3.63, 3.8) is 0 Å². The molecule has 0 fully saturated rings. The molecule has 10 heteroatoms. The number of hydrogen-bond donors (Lipinski definition) is 3. The summed E-state index contributed by atoms with van der Waals surface area (Å²) in [6, 6.07) is 13.5. The summed E-state index contributed by atoms with van der Waals surface area (Å²) in [5, 5.41) is 34.1. The zero-order valence-corrected chi connectivity index (χ0v) is 25.3. The SMILES string of the molecule is CCN(C(=O)c1nn(-c2ccc(F)cc2)c(CC[C@@H](O)C[C@@H](O)CC(=O)O)c1C(C)C)c1ccc(C)cc1.[H-].[Na+]. The standard InChI is InChI=1S/C29H36FN3O5.Na.H/c1-5-32(21-10-6-19(4)7-11-21)29(38)28-27(18(2)3)25(15-14-23(34)16-24(35)17-26(36)37)33(31-28)22-12-8-20(30)9-13-22;;/h6-13,18,23-24,34-35H,5,14-17H2,1-4H3,(H,36,37);;/q;+1;-1/t23-,24-;;/m1../s1. The summed E-state index contributed by atoms with van der Waals surface area (Å²) in [6.07, 6.45) is -2.14. The first kappa shape index (κ1) is 32.7. The van der Waals surface area contributed by atoms with Crippen LogP contribution in [0.4, 0.5) is 10.1 Å². The van der Waals surface area contributed by atoms with Crippen molar-refractivity contribution in [3.8, 4) is 5.69 Å². The fraction of sp³-hybridized carbons (Fsp3) is 0.414. The Morgan fingerprint density at radius 2 is 1.67 bits per heavy atom. The zero-order valence-electron chi connectivity index (χ0n) is 24.3. The maximum absolute atomic E-state index is 13.9. The molecule has 39 heavy (non-hydrogen) atoms. The largest absolute Gasteiger partial charge is 1.00 e. The summed E-state index contributed by atoms with van der Waals surface area (Å²) >= 11 is 0. The Labute approximate surface area is 252 Å². The summed E-state index contributed by atoms with van der Waals surface area (Å²) in [5.74, 6) is -1.90. The van der Waals surface area contributed by atoms with Crippen molar-refractivity contribution >= 4 is 17.6 Å². The summed E-state index contributed by atoms with van der Waals surface area (Å²) in [6.45, 7) is 8.22. The van der Waals surface area contributed by atoms with Gasteiger partial charge >= 0.3 is 35.5 Å². The minimum absolute atomic E-state index is 0. The molecule has 0 spiro atoms. The van der Waals surface area contributed by atoms with Crippen LogP contribution in [0.25, 0.3) is 5.69 Å². The molecule has 1 amide bonds. The van der Waals surface area contributed by atoms with Crippen LogP contribution >= 0.6 is 0 Å². The number of aromatic nitrogens is 2. The fourth-order valence-corrected chi connectivity index (χ4v) is 4.58. The number of carboxylic acid groups (broad SMARTS) is 1. The number of aliphatic carboxylic acids is 1. The minimum atomic E-state index is -1.17. The van der Waals surface area contributed by atoms with Gasteiger partial charge in [-0.2, -0.15) is 5.10 Å². The molecular formula is C29H37FN3NaO5. The first-order chi connectivity index (χ1) is 18.0. The van der Waals surface area contributed by atoms with Gasteiger partial charge in [0.15, 0.2) is 5.69 Å². The number of aliphatic hydroxyl groups is 2. The molecule has 0 bridgehead atoms. The number of aliphatic hydroxyl groups excluding tert-OH is 2. The molecule has 0 aliphatic heterocycles. The number of benzene rings is 2. The van der Waals surface area contributed by atoms with Crippen molar-refractivity contribution in [3.05, 3.63) is 76.9 Å². The molecular weight excluding hydrogens is 512 g/mol. The van der Waals surface area contributed by atoms with Crippen LogP contribution in [0.5, 0.6) is 0 Å². The predicted octanol–water partition coefficient (Wildman–Crippen LogP) is 1.75. The van der Waals surface area contributed by atoms with Gasteiger partial charge in [0.2, 0.25) is 0 Å². The number of hydrogen-bond acceptors (Lipinski definition) is 5. The number of amides is 1. The van der Waals surface area contributed by atoms with E-state index in [4.69, 9.17) is 10.2 Å². The molecule has 2 aromatic carbocycles. The molecule has 3 aromatic rings. The molecule has 206 valence electrons. The zero-order chi connectivity index (χ0) is 28.0. The predicted molar refractivity (Wildman–Crippen MR) is 144 cm³/mol. The van der Waals surface area contributed by atoms with E-state index in [0.717, 1.165) is 16.8 Å². The number of anilines is 1. The average molecular weight is 550 g/mol. The van der Waals surface area contributed by atoms with Crippen molar-refractivity contribution < 1.29 is 60.3 Å². The Bertz CT molecular complexity index is 1250. The smallest absolute Gasteiger partial charge is 1.00 e. The van der Waals surface area contributed by atoms with Gasteiger partial charge in [-0.15, -0.1) is 0 Å². The van der Waals surface area contributed by atoms with Crippen molar-refractivity contribution in [2.45, 2.75) is 71.5 Å². The second-order valence-corrected chi connectivity index (χ2v) is 9.82. The van der Waals surface area contributed by atoms with Crippen LogP contribution in [0.15, 0.2) is 48.5 Å². The van der Waals surface area contributed by atoms with Gasteiger partial charge in [0.1, 0.15) is 5.82 Å². The van der Waals surface area contributed by atoms with Crippen LogP contribution in [0, 0.1) is 12.7 Å². The van der Waals surface area contributed by atoms with E-state index in [1.54, 1.807) is 21.7 Å². The fourth-order valence-electron chi connectivity index (χ4n) is 4.58. The Morgan fingerprint density at radius 3 is 2.21 bits per heavy atom. The van der Waals surface area contributed by atoms with Gasteiger partial charge in [-0.05, 0) is 75.4 Å². The van der Waals surface area contributed by atoms with Crippen LogP contribution in [0.3, 0.4) is 0 Å². The molecule has 0 radical (unpaired) electrons. The van der Waals surface area contributed by atoms with E-state index in [1.807, 2.05) is 52.0 Å². The van der Waals surface area contributed by atoms with Crippen LogP contribution in [-0.2, 0) is 11.2 Å². The Balaban J connectivity index is 0.00000400. The van der Waals surface area contributed by atoms with E-state index in [0.29, 0.717) is 24.3 Å². The van der Waals surface area contributed by atoms with E-state index in [9.17, 15) is 24.2 Å². The van der Waals surface area contributed by atoms with E-state index < -0.39 is 30.4 Å². The molecule has 8 nitrogen and oxygen atoms in total. The van der Waals surface area contributed by atoms with E-state index in [2.05, 4.69) is 0 Å². The van der Waals surface area contributed by atoms with Crippen molar-refractivity contribution in [2.75, 3.05) is 11.4 Å². The van der Waals surface area contributed by atoms with Crippen LogP contribution < -0.4 is 34.5 Å². The first-order valence-corrected chi connectivity index (χ1v) is 12.9. The Hall–Kier alpha value is -2.56. The van der Waals surface area contributed by atoms with Gasteiger partial charge in [0, 0.05) is 23.5 Å². The van der Waals surface area contributed by atoms with Crippen molar-refractivity contribution in [2.24, 2.45) is 0 Å². The molecule has 0 aliphatic rings. The monoisotopic (exact) mass is 549 g/mol. The molecule has 1 aromatic heterocycles. The van der Waals surface area contributed by atoms with Gasteiger partial charge in [-0.3, -0.25) is 9.59 Å². The third-order valence-corrected chi connectivity index (χ3v) is 6.45. The number of aryl methyl sites for hydroxylation is 1. The quantitative estimate of drug-likeness (QED) is 0.297. The summed E-state index contributed by atoms with van der Waals surface area (Å²) < 4.78 is 15.3. The second kappa shape index (κ2) is 14.7.